The average Bonchev–Trinajstić information content (AvgIpc) is 2.01. The molecule has 0 spiro atoms. The first-order valence-corrected chi connectivity index (χ1v) is 5.67. The normalized spacial score (nSPS) is 15.2. The van der Waals surface area contributed by atoms with Crippen LogP contribution in [0.5, 0.6) is 0 Å². The monoisotopic (exact) mass is 211 g/mol. The standard InChI is InChI=1S/C11H17NOS/c1-7-5-11(6-8(2)12-7)14-10(4)9(3)13/h5-6,9-10,13H,1-4H3. The Hall–Kier alpha value is -0.540. The van der Waals surface area contributed by atoms with E-state index in [1.807, 2.05) is 27.7 Å². The minimum Gasteiger partial charge on any atom is -0.392 e. The summed E-state index contributed by atoms with van der Waals surface area (Å²) in [5.41, 5.74) is 2.07. The van der Waals surface area contributed by atoms with E-state index in [1.165, 1.54) is 4.90 Å². The number of hydrogen-bond acceptors (Lipinski definition) is 3. The van der Waals surface area contributed by atoms with Gasteiger partial charge in [-0.2, -0.15) is 0 Å². The van der Waals surface area contributed by atoms with E-state index in [2.05, 4.69) is 17.1 Å². The smallest absolute Gasteiger partial charge is 0.0631 e. The van der Waals surface area contributed by atoms with E-state index < -0.39 is 0 Å². The SMILES string of the molecule is Cc1cc(SC(C)C(C)O)cc(C)n1. The number of rotatable bonds is 3. The summed E-state index contributed by atoms with van der Waals surface area (Å²) in [5.74, 6) is 0. The molecule has 1 N–H and O–H groups in total. The minimum atomic E-state index is -0.284. The Labute approximate surface area is 89.8 Å². The van der Waals surface area contributed by atoms with Crippen molar-refractivity contribution in [2.24, 2.45) is 0 Å². The lowest BCUT2D eigenvalue weighted by Gasteiger charge is -2.14. The van der Waals surface area contributed by atoms with Crippen LogP contribution in [0.2, 0.25) is 0 Å². The molecule has 1 rings (SSSR count). The Kier molecular flexibility index (Phi) is 3.96. The Balaban J connectivity index is 2.76. The van der Waals surface area contributed by atoms with E-state index in [0.717, 1.165) is 11.4 Å². The zero-order valence-corrected chi connectivity index (χ0v) is 9.93. The van der Waals surface area contributed by atoms with Crippen molar-refractivity contribution in [3.8, 4) is 0 Å². The molecule has 0 bridgehead atoms. The van der Waals surface area contributed by atoms with Gasteiger partial charge in [0.15, 0.2) is 0 Å². The van der Waals surface area contributed by atoms with Crippen molar-refractivity contribution in [1.82, 2.24) is 4.98 Å². The zero-order chi connectivity index (χ0) is 10.7. The van der Waals surface area contributed by atoms with Crippen LogP contribution >= 0.6 is 11.8 Å². The van der Waals surface area contributed by atoms with Gasteiger partial charge in [0.1, 0.15) is 0 Å². The molecule has 0 amide bonds. The summed E-state index contributed by atoms with van der Waals surface area (Å²) >= 11 is 1.69. The van der Waals surface area contributed by atoms with Crippen molar-refractivity contribution in [2.45, 2.75) is 43.9 Å². The third kappa shape index (κ3) is 3.31. The van der Waals surface area contributed by atoms with Gasteiger partial charge in [-0.1, -0.05) is 6.92 Å². The van der Waals surface area contributed by atoms with Gasteiger partial charge in [-0.3, -0.25) is 4.98 Å². The minimum absolute atomic E-state index is 0.219. The molecule has 1 heterocycles. The molecular weight excluding hydrogens is 194 g/mol. The zero-order valence-electron chi connectivity index (χ0n) is 9.11. The lowest BCUT2D eigenvalue weighted by atomic mass is 10.3. The fraction of sp³-hybridized carbons (Fsp3) is 0.545. The van der Waals surface area contributed by atoms with E-state index in [-0.39, 0.29) is 11.4 Å². The van der Waals surface area contributed by atoms with Crippen LogP contribution < -0.4 is 0 Å². The molecule has 3 heteroatoms. The third-order valence-corrected chi connectivity index (χ3v) is 3.33. The molecule has 0 fully saturated rings. The van der Waals surface area contributed by atoms with Gasteiger partial charge >= 0.3 is 0 Å². The Morgan fingerprint density at radius 1 is 1.21 bits per heavy atom. The van der Waals surface area contributed by atoms with Crippen LogP contribution in [-0.2, 0) is 0 Å². The summed E-state index contributed by atoms with van der Waals surface area (Å²) in [4.78, 5) is 5.49. The van der Waals surface area contributed by atoms with E-state index in [4.69, 9.17) is 0 Å². The van der Waals surface area contributed by atoms with Crippen molar-refractivity contribution in [2.75, 3.05) is 0 Å². The quantitative estimate of drug-likeness (QED) is 0.780. The number of aromatic nitrogens is 1. The van der Waals surface area contributed by atoms with Crippen molar-refractivity contribution >= 4 is 11.8 Å². The van der Waals surface area contributed by atoms with Gasteiger partial charge in [-0.15, -0.1) is 11.8 Å². The average molecular weight is 211 g/mol. The van der Waals surface area contributed by atoms with Crippen LogP contribution in [-0.4, -0.2) is 21.4 Å². The highest BCUT2D eigenvalue weighted by molar-refractivity contribution is 8.00. The summed E-state index contributed by atoms with van der Waals surface area (Å²) in [5, 5.41) is 9.60. The lowest BCUT2D eigenvalue weighted by Crippen LogP contribution is -2.14. The molecule has 0 aromatic carbocycles. The molecule has 0 aliphatic heterocycles. The van der Waals surface area contributed by atoms with Crippen molar-refractivity contribution in [3.63, 3.8) is 0 Å². The van der Waals surface area contributed by atoms with E-state index in [0.29, 0.717) is 0 Å². The highest BCUT2D eigenvalue weighted by Crippen LogP contribution is 2.25. The maximum absolute atomic E-state index is 9.38. The van der Waals surface area contributed by atoms with E-state index >= 15 is 0 Å². The number of pyridine rings is 1. The topological polar surface area (TPSA) is 33.1 Å². The number of aliphatic hydroxyl groups is 1. The second-order valence-electron chi connectivity index (χ2n) is 3.65. The molecule has 0 saturated carbocycles. The van der Waals surface area contributed by atoms with Crippen LogP contribution in [0.4, 0.5) is 0 Å². The highest BCUT2D eigenvalue weighted by atomic mass is 32.2. The third-order valence-electron chi connectivity index (χ3n) is 2.06. The molecule has 2 nitrogen and oxygen atoms in total. The fourth-order valence-corrected chi connectivity index (χ4v) is 2.28. The molecule has 0 aliphatic carbocycles. The van der Waals surface area contributed by atoms with E-state index in [1.54, 1.807) is 11.8 Å². The van der Waals surface area contributed by atoms with Crippen molar-refractivity contribution in [1.29, 1.82) is 0 Å². The van der Waals surface area contributed by atoms with Gasteiger partial charge in [0.2, 0.25) is 0 Å². The molecule has 2 unspecified atom stereocenters. The Morgan fingerprint density at radius 2 is 1.71 bits per heavy atom. The molecule has 2 atom stereocenters. The summed E-state index contributed by atoms with van der Waals surface area (Å²) in [6.07, 6.45) is -0.284. The van der Waals surface area contributed by atoms with E-state index in [9.17, 15) is 5.11 Å². The first-order chi connectivity index (χ1) is 6.49. The number of nitrogens with zero attached hydrogens (tertiary/aromatic N) is 1. The molecule has 0 radical (unpaired) electrons. The van der Waals surface area contributed by atoms with Gasteiger partial charge in [-0.25, -0.2) is 0 Å². The maximum atomic E-state index is 9.38. The van der Waals surface area contributed by atoms with Crippen LogP contribution in [0.15, 0.2) is 17.0 Å². The predicted molar refractivity (Wildman–Crippen MR) is 60.7 cm³/mol. The summed E-state index contributed by atoms with van der Waals surface area (Å²) in [6.45, 7) is 7.83. The van der Waals surface area contributed by atoms with Gasteiger partial charge in [0.05, 0.1) is 6.10 Å². The van der Waals surface area contributed by atoms with Gasteiger partial charge < -0.3 is 5.11 Å². The lowest BCUT2D eigenvalue weighted by molar-refractivity contribution is 0.196. The second kappa shape index (κ2) is 4.80. The predicted octanol–water partition coefficient (Wildman–Crippen LogP) is 2.56. The van der Waals surface area contributed by atoms with Gasteiger partial charge in [0, 0.05) is 21.5 Å². The summed E-state index contributed by atoms with van der Waals surface area (Å²) in [6, 6.07) is 4.10. The van der Waals surface area contributed by atoms with Crippen LogP contribution in [0.25, 0.3) is 0 Å². The first kappa shape index (κ1) is 11.5. The molecule has 1 aromatic rings. The molecular formula is C11H17NOS. The number of thioether (sulfide) groups is 1. The molecule has 0 saturated heterocycles. The molecule has 1 aromatic heterocycles. The molecule has 78 valence electrons. The van der Waals surface area contributed by atoms with Crippen molar-refractivity contribution < 1.29 is 5.11 Å². The largest absolute Gasteiger partial charge is 0.392 e. The van der Waals surface area contributed by atoms with Gasteiger partial charge in [-0.05, 0) is 32.9 Å². The maximum Gasteiger partial charge on any atom is 0.0631 e. The second-order valence-corrected chi connectivity index (χ2v) is 5.10. The van der Waals surface area contributed by atoms with Gasteiger partial charge in [0.25, 0.3) is 0 Å². The number of aryl methyl sites for hydroxylation is 2. The van der Waals surface area contributed by atoms with Crippen LogP contribution in [0.3, 0.4) is 0 Å². The molecule has 0 aliphatic rings. The van der Waals surface area contributed by atoms with Crippen molar-refractivity contribution in [3.05, 3.63) is 23.5 Å². The Morgan fingerprint density at radius 3 is 2.14 bits per heavy atom. The number of aliphatic hydroxyl groups excluding tert-OH is 1. The highest BCUT2D eigenvalue weighted by Gasteiger charge is 2.10. The van der Waals surface area contributed by atoms with Crippen LogP contribution in [0.1, 0.15) is 25.2 Å². The van der Waals surface area contributed by atoms with Crippen LogP contribution in [0, 0.1) is 13.8 Å². The Bertz CT molecular complexity index is 292. The first-order valence-electron chi connectivity index (χ1n) is 4.79. The summed E-state index contributed by atoms with van der Waals surface area (Å²) in [7, 11) is 0. The summed E-state index contributed by atoms with van der Waals surface area (Å²) < 4.78 is 0. The number of hydrogen-bond donors (Lipinski definition) is 1. The fourth-order valence-electron chi connectivity index (χ4n) is 1.18. The molecule has 14 heavy (non-hydrogen) atoms.